The van der Waals surface area contributed by atoms with E-state index < -0.39 is 7.12 Å². The van der Waals surface area contributed by atoms with Crippen molar-refractivity contribution < 1.29 is 18.8 Å². The van der Waals surface area contributed by atoms with Gasteiger partial charge in [-0.3, -0.25) is 0 Å². The number of carbonyl (C=O) groups is 1. The summed E-state index contributed by atoms with van der Waals surface area (Å²) in [6.45, 7) is 14.7. The van der Waals surface area contributed by atoms with Gasteiger partial charge in [-0.15, -0.1) is 0 Å². The van der Waals surface area contributed by atoms with E-state index in [4.69, 9.17) is 14.0 Å². The van der Waals surface area contributed by atoms with E-state index in [-0.39, 0.29) is 17.2 Å². The molecule has 1 saturated heterocycles. The van der Waals surface area contributed by atoms with E-state index in [0.29, 0.717) is 12.9 Å². The summed E-state index contributed by atoms with van der Waals surface area (Å²) in [5.74, 6) is -0.209. The van der Waals surface area contributed by atoms with Crippen LogP contribution in [0.15, 0.2) is 11.1 Å². The lowest BCUT2D eigenvalue weighted by atomic mass is 9.77. The minimum absolute atomic E-state index is 0.209. The summed E-state index contributed by atoms with van der Waals surface area (Å²) < 4.78 is 17.6. The van der Waals surface area contributed by atoms with Crippen molar-refractivity contribution in [2.45, 2.75) is 105 Å². The average Bonchev–Trinajstić information content (AvgIpc) is 2.73. The van der Waals surface area contributed by atoms with Crippen LogP contribution in [0.3, 0.4) is 0 Å². The summed E-state index contributed by atoms with van der Waals surface area (Å²) in [5, 5.41) is 0. The molecule has 1 aliphatic heterocycles. The Morgan fingerprint density at radius 2 is 1.40 bits per heavy atom. The monoisotopic (exact) mass is 352 g/mol. The van der Waals surface area contributed by atoms with E-state index in [1.54, 1.807) is 0 Å². The van der Waals surface area contributed by atoms with Gasteiger partial charge in [-0.25, -0.2) is 4.79 Å². The van der Waals surface area contributed by atoms with Crippen molar-refractivity contribution in [2.75, 3.05) is 6.61 Å². The fraction of sp³-hybridized carbons (Fsp3) is 0.850. The third kappa shape index (κ3) is 6.14. The fourth-order valence-corrected chi connectivity index (χ4v) is 3.01. The maximum atomic E-state index is 12.6. The third-order valence-electron chi connectivity index (χ3n) is 5.29. The summed E-state index contributed by atoms with van der Waals surface area (Å²) in [7, 11) is -0.400. The average molecular weight is 352 g/mol. The van der Waals surface area contributed by atoms with Crippen LogP contribution in [0.4, 0.5) is 0 Å². The SMILES string of the molecule is CCCCC(CCCC)=C(CB1OC(C)(C)C(C)(C)O1)C(=O)OCC. The van der Waals surface area contributed by atoms with Crippen LogP contribution >= 0.6 is 0 Å². The second-order valence-corrected chi connectivity index (χ2v) is 7.90. The van der Waals surface area contributed by atoms with Gasteiger partial charge in [-0.2, -0.15) is 0 Å². The highest BCUT2D eigenvalue weighted by atomic mass is 16.7. The normalized spacial score (nSPS) is 18.3. The van der Waals surface area contributed by atoms with Gasteiger partial charge in [-0.1, -0.05) is 32.3 Å². The lowest BCUT2D eigenvalue weighted by Crippen LogP contribution is -2.41. The Morgan fingerprint density at radius 3 is 1.80 bits per heavy atom. The topological polar surface area (TPSA) is 44.8 Å². The van der Waals surface area contributed by atoms with E-state index in [9.17, 15) is 4.79 Å². The Kier molecular flexibility index (Phi) is 8.69. The standard InChI is InChI=1S/C20H37BO4/c1-8-11-13-16(14-12-9-2)17(18(22)23-10-3)15-21-24-19(4,5)20(6,7)25-21/h8-15H2,1-7H3. The molecule has 0 N–H and O–H groups in total. The Bertz CT molecular complexity index is 442. The number of unbranched alkanes of at least 4 members (excludes halogenated alkanes) is 2. The quantitative estimate of drug-likeness (QED) is 0.303. The van der Waals surface area contributed by atoms with Gasteiger partial charge in [0.15, 0.2) is 0 Å². The maximum absolute atomic E-state index is 12.6. The molecule has 4 nitrogen and oxygen atoms in total. The second kappa shape index (κ2) is 9.77. The molecule has 0 radical (unpaired) electrons. The van der Waals surface area contributed by atoms with Gasteiger partial charge in [0.05, 0.1) is 17.8 Å². The lowest BCUT2D eigenvalue weighted by Gasteiger charge is -2.32. The highest BCUT2D eigenvalue weighted by molar-refractivity contribution is 6.47. The van der Waals surface area contributed by atoms with Gasteiger partial charge in [-0.05, 0) is 60.3 Å². The molecular formula is C20H37BO4. The van der Waals surface area contributed by atoms with Crippen LogP contribution in [-0.4, -0.2) is 30.9 Å². The smallest absolute Gasteiger partial charge is 0.462 e. The molecule has 5 heteroatoms. The fourth-order valence-electron chi connectivity index (χ4n) is 3.01. The summed E-state index contributed by atoms with van der Waals surface area (Å²) in [6.07, 6.45) is 6.77. The number of hydrogen-bond donors (Lipinski definition) is 0. The molecule has 0 spiro atoms. The summed E-state index contributed by atoms with van der Waals surface area (Å²) >= 11 is 0. The number of hydrogen-bond acceptors (Lipinski definition) is 4. The van der Waals surface area contributed by atoms with E-state index >= 15 is 0 Å². The Morgan fingerprint density at radius 1 is 0.920 bits per heavy atom. The maximum Gasteiger partial charge on any atom is 0.462 e. The minimum atomic E-state index is -0.400. The predicted molar refractivity (Wildman–Crippen MR) is 104 cm³/mol. The number of ether oxygens (including phenoxy) is 1. The molecule has 0 aromatic carbocycles. The Hall–Kier alpha value is -0.805. The molecule has 25 heavy (non-hydrogen) atoms. The van der Waals surface area contributed by atoms with Gasteiger partial charge in [0.2, 0.25) is 0 Å². The number of rotatable bonds is 10. The molecule has 0 saturated carbocycles. The molecule has 0 amide bonds. The zero-order chi connectivity index (χ0) is 19.1. The van der Waals surface area contributed by atoms with Gasteiger partial charge < -0.3 is 14.0 Å². The number of esters is 1. The molecule has 0 aliphatic carbocycles. The molecule has 1 aliphatic rings. The Labute approximate surface area is 154 Å². The van der Waals surface area contributed by atoms with Gasteiger partial charge in [0.25, 0.3) is 0 Å². The molecule has 0 aromatic heterocycles. The number of allylic oxidation sites excluding steroid dienone is 1. The van der Waals surface area contributed by atoms with Gasteiger partial charge in [0.1, 0.15) is 0 Å². The molecule has 0 atom stereocenters. The molecule has 0 bridgehead atoms. The van der Waals surface area contributed by atoms with Crippen LogP contribution in [0.25, 0.3) is 0 Å². The molecule has 1 rings (SSSR count). The highest BCUT2D eigenvalue weighted by Crippen LogP contribution is 2.39. The molecule has 1 fully saturated rings. The summed E-state index contributed by atoms with van der Waals surface area (Å²) in [6, 6.07) is 0. The van der Waals surface area contributed by atoms with Crippen LogP contribution in [0.1, 0.15) is 87.0 Å². The highest BCUT2D eigenvalue weighted by Gasteiger charge is 2.51. The first-order chi connectivity index (χ1) is 11.7. The first kappa shape index (κ1) is 22.2. The van der Waals surface area contributed by atoms with Gasteiger partial charge in [0, 0.05) is 11.9 Å². The van der Waals surface area contributed by atoms with Crippen LogP contribution in [0.2, 0.25) is 6.32 Å². The minimum Gasteiger partial charge on any atom is -0.463 e. The van der Waals surface area contributed by atoms with Crippen molar-refractivity contribution in [3.05, 3.63) is 11.1 Å². The van der Waals surface area contributed by atoms with Gasteiger partial charge >= 0.3 is 13.1 Å². The van der Waals surface area contributed by atoms with Crippen molar-refractivity contribution in [3.63, 3.8) is 0 Å². The van der Waals surface area contributed by atoms with Crippen LogP contribution in [0.5, 0.6) is 0 Å². The largest absolute Gasteiger partial charge is 0.463 e. The van der Waals surface area contributed by atoms with Crippen LogP contribution < -0.4 is 0 Å². The lowest BCUT2D eigenvalue weighted by molar-refractivity contribution is -0.138. The summed E-state index contributed by atoms with van der Waals surface area (Å²) in [4.78, 5) is 12.6. The van der Waals surface area contributed by atoms with E-state index in [1.165, 1.54) is 5.57 Å². The van der Waals surface area contributed by atoms with Crippen molar-refractivity contribution in [2.24, 2.45) is 0 Å². The molecule has 0 aromatic rings. The zero-order valence-electron chi connectivity index (χ0n) is 17.4. The van der Waals surface area contributed by atoms with E-state index in [2.05, 4.69) is 13.8 Å². The summed E-state index contributed by atoms with van der Waals surface area (Å²) in [5.41, 5.74) is 1.22. The first-order valence-electron chi connectivity index (χ1n) is 9.92. The molecule has 0 unspecified atom stereocenters. The van der Waals surface area contributed by atoms with E-state index in [1.807, 2.05) is 34.6 Å². The van der Waals surface area contributed by atoms with Crippen molar-refractivity contribution in [1.82, 2.24) is 0 Å². The van der Waals surface area contributed by atoms with Crippen molar-refractivity contribution in [3.8, 4) is 0 Å². The molecule has 144 valence electrons. The third-order valence-corrected chi connectivity index (χ3v) is 5.29. The first-order valence-corrected chi connectivity index (χ1v) is 9.92. The van der Waals surface area contributed by atoms with Crippen LogP contribution in [-0.2, 0) is 18.8 Å². The van der Waals surface area contributed by atoms with Crippen molar-refractivity contribution in [1.29, 1.82) is 0 Å². The molecular weight excluding hydrogens is 315 g/mol. The zero-order valence-corrected chi connectivity index (χ0v) is 17.4. The van der Waals surface area contributed by atoms with Crippen molar-refractivity contribution >= 4 is 13.1 Å². The van der Waals surface area contributed by atoms with E-state index in [0.717, 1.165) is 44.1 Å². The second-order valence-electron chi connectivity index (χ2n) is 7.90. The number of carbonyl (C=O) groups excluding carboxylic acids is 1. The molecule has 1 heterocycles. The van der Waals surface area contributed by atoms with Crippen LogP contribution in [0, 0.1) is 0 Å². The Balaban J connectivity index is 3.05. The predicted octanol–water partition coefficient (Wildman–Crippen LogP) is 5.32.